The van der Waals surface area contributed by atoms with Gasteiger partial charge in [0.1, 0.15) is 0 Å². The van der Waals surface area contributed by atoms with E-state index in [1.807, 2.05) is 18.2 Å². The Hall–Kier alpha value is -2.49. The molecule has 0 aliphatic rings. The monoisotopic (exact) mass is 258 g/mol. The molecule has 1 N–H and O–H groups in total. The zero-order chi connectivity index (χ0) is 13.8. The zero-order valence-electron chi connectivity index (χ0n) is 10.7. The number of aromatic carboxylic acids is 1. The molecule has 0 spiro atoms. The minimum Gasteiger partial charge on any atom is -0.493 e. The number of benzene rings is 2. The van der Waals surface area contributed by atoms with Crippen LogP contribution in [0.15, 0.2) is 42.5 Å². The Kier molecular flexibility index (Phi) is 3.71. The lowest BCUT2D eigenvalue weighted by Gasteiger charge is -2.12. The highest BCUT2D eigenvalue weighted by Gasteiger charge is 2.11. The molecule has 0 aliphatic heterocycles. The third-order valence-corrected chi connectivity index (χ3v) is 2.85. The van der Waals surface area contributed by atoms with Gasteiger partial charge in [-0.2, -0.15) is 0 Å². The van der Waals surface area contributed by atoms with Crippen LogP contribution in [0.25, 0.3) is 11.1 Å². The fourth-order valence-electron chi connectivity index (χ4n) is 1.91. The number of hydrogen-bond acceptors (Lipinski definition) is 3. The van der Waals surface area contributed by atoms with Gasteiger partial charge in [-0.3, -0.25) is 0 Å². The van der Waals surface area contributed by atoms with Gasteiger partial charge in [-0.15, -0.1) is 0 Å². The van der Waals surface area contributed by atoms with Crippen molar-refractivity contribution >= 4 is 5.97 Å². The van der Waals surface area contributed by atoms with Gasteiger partial charge in [0, 0.05) is 5.56 Å². The second kappa shape index (κ2) is 5.44. The Morgan fingerprint density at radius 2 is 1.68 bits per heavy atom. The Balaban J connectivity index is 2.49. The molecule has 0 aliphatic carbocycles. The van der Waals surface area contributed by atoms with Gasteiger partial charge >= 0.3 is 5.97 Å². The van der Waals surface area contributed by atoms with Gasteiger partial charge < -0.3 is 14.6 Å². The maximum Gasteiger partial charge on any atom is 0.335 e. The van der Waals surface area contributed by atoms with Crippen molar-refractivity contribution in [2.24, 2.45) is 0 Å². The molecular formula is C15H14O4. The summed E-state index contributed by atoms with van der Waals surface area (Å²) in [5.74, 6) is 0.333. The smallest absolute Gasteiger partial charge is 0.335 e. The largest absolute Gasteiger partial charge is 0.493 e. The number of carboxylic acid groups (broad SMARTS) is 1. The molecule has 0 saturated heterocycles. The molecule has 4 nitrogen and oxygen atoms in total. The molecule has 4 heteroatoms. The Labute approximate surface area is 111 Å². The van der Waals surface area contributed by atoms with Crippen LogP contribution in [-0.2, 0) is 0 Å². The van der Waals surface area contributed by atoms with Crippen molar-refractivity contribution in [1.82, 2.24) is 0 Å². The summed E-state index contributed by atoms with van der Waals surface area (Å²) in [6.07, 6.45) is 0. The predicted molar refractivity (Wildman–Crippen MR) is 71.9 cm³/mol. The SMILES string of the molecule is COc1cccc(-c2ccc(C(=O)O)cc2)c1OC. The lowest BCUT2D eigenvalue weighted by Crippen LogP contribution is -1.96. The predicted octanol–water partition coefficient (Wildman–Crippen LogP) is 3.07. The molecular weight excluding hydrogens is 244 g/mol. The number of para-hydroxylation sites is 1. The van der Waals surface area contributed by atoms with Crippen LogP contribution in [0.1, 0.15) is 10.4 Å². The maximum atomic E-state index is 10.8. The van der Waals surface area contributed by atoms with E-state index in [9.17, 15) is 4.79 Å². The summed E-state index contributed by atoms with van der Waals surface area (Å²) in [4.78, 5) is 10.8. The number of carbonyl (C=O) groups is 1. The molecule has 19 heavy (non-hydrogen) atoms. The van der Waals surface area contributed by atoms with Crippen molar-refractivity contribution in [1.29, 1.82) is 0 Å². The van der Waals surface area contributed by atoms with E-state index in [1.165, 1.54) is 0 Å². The van der Waals surface area contributed by atoms with Crippen molar-refractivity contribution in [3.63, 3.8) is 0 Å². The van der Waals surface area contributed by atoms with E-state index in [1.54, 1.807) is 38.5 Å². The second-order valence-electron chi connectivity index (χ2n) is 3.92. The molecule has 0 atom stereocenters. The van der Waals surface area contributed by atoms with Crippen molar-refractivity contribution in [3.05, 3.63) is 48.0 Å². The summed E-state index contributed by atoms with van der Waals surface area (Å²) in [7, 11) is 3.15. The van der Waals surface area contributed by atoms with Crippen LogP contribution < -0.4 is 9.47 Å². The van der Waals surface area contributed by atoms with E-state index in [4.69, 9.17) is 14.6 Å². The van der Waals surface area contributed by atoms with Gasteiger partial charge in [0.15, 0.2) is 11.5 Å². The molecule has 0 amide bonds. The highest BCUT2D eigenvalue weighted by atomic mass is 16.5. The average Bonchev–Trinajstić information content (AvgIpc) is 2.46. The summed E-state index contributed by atoms with van der Waals surface area (Å²) in [6.45, 7) is 0. The summed E-state index contributed by atoms with van der Waals surface area (Å²) in [5, 5.41) is 8.88. The van der Waals surface area contributed by atoms with Crippen molar-refractivity contribution < 1.29 is 19.4 Å². The second-order valence-corrected chi connectivity index (χ2v) is 3.92. The third-order valence-electron chi connectivity index (χ3n) is 2.85. The lowest BCUT2D eigenvalue weighted by molar-refractivity contribution is 0.0697. The third kappa shape index (κ3) is 2.52. The van der Waals surface area contributed by atoms with Gasteiger partial charge in [-0.05, 0) is 23.8 Å². The molecule has 98 valence electrons. The van der Waals surface area contributed by atoms with Crippen LogP contribution in [0.5, 0.6) is 11.5 Å². The number of hydrogen-bond donors (Lipinski definition) is 1. The van der Waals surface area contributed by atoms with Gasteiger partial charge in [0.25, 0.3) is 0 Å². The molecule has 0 aromatic heterocycles. The minimum atomic E-state index is -0.941. The van der Waals surface area contributed by atoms with Crippen LogP contribution in [0.3, 0.4) is 0 Å². The maximum absolute atomic E-state index is 10.8. The molecule has 0 unspecified atom stereocenters. The number of rotatable bonds is 4. The van der Waals surface area contributed by atoms with Crippen molar-refractivity contribution in [2.75, 3.05) is 14.2 Å². The quantitative estimate of drug-likeness (QED) is 0.915. The Morgan fingerprint density at radius 3 is 2.21 bits per heavy atom. The highest BCUT2D eigenvalue weighted by Crippen LogP contribution is 2.37. The summed E-state index contributed by atoms with van der Waals surface area (Å²) >= 11 is 0. The number of carboxylic acids is 1. The lowest BCUT2D eigenvalue weighted by atomic mass is 10.0. The van der Waals surface area contributed by atoms with E-state index in [2.05, 4.69) is 0 Å². The average molecular weight is 258 g/mol. The Morgan fingerprint density at radius 1 is 1.00 bits per heavy atom. The summed E-state index contributed by atoms with van der Waals surface area (Å²) < 4.78 is 10.6. The molecule has 0 saturated carbocycles. The molecule has 2 rings (SSSR count). The van der Waals surface area contributed by atoms with Crippen LogP contribution >= 0.6 is 0 Å². The molecule has 0 heterocycles. The van der Waals surface area contributed by atoms with Crippen LogP contribution in [0, 0.1) is 0 Å². The topological polar surface area (TPSA) is 55.8 Å². The number of methoxy groups -OCH3 is 2. The first-order chi connectivity index (χ1) is 9.17. The first-order valence-corrected chi connectivity index (χ1v) is 5.72. The highest BCUT2D eigenvalue weighted by molar-refractivity contribution is 5.88. The van der Waals surface area contributed by atoms with E-state index < -0.39 is 5.97 Å². The van der Waals surface area contributed by atoms with Gasteiger partial charge in [0.05, 0.1) is 19.8 Å². The molecule has 0 fully saturated rings. The van der Waals surface area contributed by atoms with Crippen LogP contribution in [-0.4, -0.2) is 25.3 Å². The standard InChI is InChI=1S/C15H14O4/c1-18-13-5-3-4-12(14(13)19-2)10-6-8-11(9-7-10)15(16)17/h3-9H,1-2H3,(H,16,17). The molecule has 0 bridgehead atoms. The fraction of sp³-hybridized carbons (Fsp3) is 0.133. The van der Waals surface area contributed by atoms with Crippen molar-refractivity contribution in [2.45, 2.75) is 0 Å². The van der Waals surface area contributed by atoms with Crippen LogP contribution in [0.4, 0.5) is 0 Å². The fourth-order valence-corrected chi connectivity index (χ4v) is 1.91. The van der Waals surface area contributed by atoms with Crippen molar-refractivity contribution in [3.8, 4) is 22.6 Å². The van der Waals surface area contributed by atoms with E-state index >= 15 is 0 Å². The first-order valence-electron chi connectivity index (χ1n) is 5.72. The molecule has 2 aromatic carbocycles. The molecule has 0 radical (unpaired) electrons. The first kappa shape index (κ1) is 13.0. The summed E-state index contributed by atoms with van der Waals surface area (Å²) in [5.41, 5.74) is 1.99. The zero-order valence-corrected chi connectivity index (χ0v) is 10.7. The van der Waals surface area contributed by atoms with Gasteiger partial charge in [-0.1, -0.05) is 24.3 Å². The number of ether oxygens (including phenoxy) is 2. The summed E-state index contributed by atoms with van der Waals surface area (Å²) in [6, 6.07) is 12.2. The van der Waals surface area contributed by atoms with Crippen LogP contribution in [0.2, 0.25) is 0 Å². The normalized spacial score (nSPS) is 10.0. The molecule has 2 aromatic rings. The van der Waals surface area contributed by atoms with E-state index in [0.717, 1.165) is 11.1 Å². The van der Waals surface area contributed by atoms with Gasteiger partial charge in [0.2, 0.25) is 0 Å². The Bertz CT molecular complexity index is 588. The van der Waals surface area contributed by atoms with Gasteiger partial charge in [-0.25, -0.2) is 4.79 Å². The van der Waals surface area contributed by atoms with E-state index in [-0.39, 0.29) is 5.56 Å². The van der Waals surface area contributed by atoms with E-state index in [0.29, 0.717) is 11.5 Å². The minimum absolute atomic E-state index is 0.255.